The molecule has 1 unspecified atom stereocenters. The zero-order valence-electron chi connectivity index (χ0n) is 18.0. The summed E-state index contributed by atoms with van der Waals surface area (Å²) >= 11 is 0. The molecule has 1 atom stereocenters. The second-order valence-electron chi connectivity index (χ2n) is 8.37. The third kappa shape index (κ3) is 6.27. The zero-order chi connectivity index (χ0) is 20.9. The van der Waals surface area contributed by atoms with Crippen LogP contribution in [0.15, 0.2) is 71.7 Å². The molecule has 3 heteroatoms. The van der Waals surface area contributed by atoms with Gasteiger partial charge in [-0.2, -0.15) is 0 Å². The van der Waals surface area contributed by atoms with Crippen molar-refractivity contribution in [2.75, 3.05) is 0 Å². The first kappa shape index (κ1) is 21.3. The van der Waals surface area contributed by atoms with E-state index in [0.717, 1.165) is 5.75 Å². The predicted octanol–water partition coefficient (Wildman–Crippen LogP) is 5.73. The van der Waals surface area contributed by atoms with Crippen LogP contribution in [0.3, 0.4) is 0 Å². The van der Waals surface area contributed by atoms with Crippen LogP contribution in [-0.2, 0) is 6.61 Å². The summed E-state index contributed by atoms with van der Waals surface area (Å²) in [6.07, 6.45) is 2.01. The van der Waals surface area contributed by atoms with Gasteiger partial charge >= 0.3 is 0 Å². The smallest absolute Gasteiger partial charge is 0.130 e. The quantitative estimate of drug-likeness (QED) is 0.380. The Hall–Kier alpha value is -2.44. The van der Waals surface area contributed by atoms with Crippen molar-refractivity contribution in [3.8, 4) is 5.75 Å². The van der Waals surface area contributed by atoms with Crippen LogP contribution in [0.25, 0.3) is 0 Å². The van der Waals surface area contributed by atoms with Gasteiger partial charge in [-0.05, 0) is 62.7 Å². The average molecular weight is 404 g/mol. The Morgan fingerprint density at radius 2 is 1.59 bits per heavy atom. The molecule has 150 valence electrons. The van der Waals surface area contributed by atoms with Gasteiger partial charge < -0.3 is 4.74 Å². The van der Waals surface area contributed by atoms with E-state index in [0.29, 0.717) is 15.2 Å². The van der Waals surface area contributed by atoms with Crippen molar-refractivity contribution in [2.45, 2.75) is 46.8 Å². The van der Waals surface area contributed by atoms with Gasteiger partial charge in [-0.3, -0.25) is 4.99 Å². The standard InChI is InChI=1S/C26H30NOP/c1-19-15-20(2)25(28-18-21-11-7-6-8-12-21)24(16-19)29-23-14-10-9-13-22(23)17-27-26(3,4)5/h6-17,29H,18H2,1-5H3. The minimum atomic E-state index is -0.0832. The molecule has 0 aliphatic heterocycles. The van der Waals surface area contributed by atoms with Crippen molar-refractivity contribution in [3.05, 3.63) is 89.0 Å². The molecule has 0 bridgehead atoms. The summed E-state index contributed by atoms with van der Waals surface area (Å²) in [5, 5.41) is 2.53. The SMILES string of the molecule is Cc1cc(C)c(OCc2ccccc2)c(Pc2ccccc2C=NC(C)(C)C)c1. The maximum atomic E-state index is 6.31. The molecule has 3 aromatic rings. The molecule has 2 nitrogen and oxygen atoms in total. The Morgan fingerprint density at radius 1 is 0.897 bits per heavy atom. The molecule has 0 fully saturated rings. The fraction of sp³-hybridized carbons (Fsp3) is 0.269. The highest BCUT2D eigenvalue weighted by Gasteiger charge is 2.12. The fourth-order valence-electron chi connectivity index (χ4n) is 3.10. The van der Waals surface area contributed by atoms with E-state index >= 15 is 0 Å². The highest BCUT2D eigenvalue weighted by molar-refractivity contribution is 7.56. The molecule has 0 heterocycles. The molecule has 0 amide bonds. The number of aryl methyl sites for hydroxylation is 2. The third-order valence-electron chi connectivity index (χ3n) is 4.47. The van der Waals surface area contributed by atoms with E-state index < -0.39 is 0 Å². The lowest BCUT2D eigenvalue weighted by molar-refractivity contribution is 0.307. The van der Waals surface area contributed by atoms with Gasteiger partial charge in [-0.1, -0.05) is 69.2 Å². The van der Waals surface area contributed by atoms with Crippen LogP contribution >= 0.6 is 8.58 Å². The van der Waals surface area contributed by atoms with Crippen LogP contribution in [-0.4, -0.2) is 11.8 Å². The first-order chi connectivity index (χ1) is 13.8. The molecule has 0 spiro atoms. The molecule has 0 radical (unpaired) electrons. The fourth-order valence-corrected chi connectivity index (χ4v) is 4.54. The summed E-state index contributed by atoms with van der Waals surface area (Å²) in [6, 6.07) is 23.3. The third-order valence-corrected chi connectivity index (χ3v) is 5.83. The van der Waals surface area contributed by atoms with E-state index in [-0.39, 0.29) is 5.54 Å². The van der Waals surface area contributed by atoms with Crippen LogP contribution in [0.4, 0.5) is 0 Å². The summed E-state index contributed by atoms with van der Waals surface area (Å²) in [5.41, 5.74) is 4.72. The molecular formula is C26H30NOP. The van der Waals surface area contributed by atoms with E-state index in [4.69, 9.17) is 9.73 Å². The van der Waals surface area contributed by atoms with Crippen molar-refractivity contribution < 1.29 is 4.74 Å². The zero-order valence-corrected chi connectivity index (χ0v) is 19.0. The second-order valence-corrected chi connectivity index (χ2v) is 9.70. The van der Waals surface area contributed by atoms with E-state index in [1.165, 1.54) is 32.9 Å². The minimum Gasteiger partial charge on any atom is -0.488 e. The Bertz CT molecular complexity index is 987. The lowest BCUT2D eigenvalue weighted by atomic mass is 10.1. The highest BCUT2D eigenvalue weighted by Crippen LogP contribution is 2.26. The molecule has 0 aromatic heterocycles. The number of aliphatic imine (C=N–C) groups is 1. The van der Waals surface area contributed by atoms with Crippen LogP contribution in [0.2, 0.25) is 0 Å². The summed E-state index contributed by atoms with van der Waals surface area (Å²) in [4.78, 5) is 4.71. The van der Waals surface area contributed by atoms with Crippen molar-refractivity contribution in [1.82, 2.24) is 0 Å². The normalized spacial score (nSPS) is 12.2. The number of hydrogen-bond donors (Lipinski definition) is 0. The summed E-state index contributed by atoms with van der Waals surface area (Å²) in [6.45, 7) is 11.2. The van der Waals surface area contributed by atoms with Gasteiger partial charge in [-0.15, -0.1) is 0 Å². The van der Waals surface area contributed by atoms with Crippen LogP contribution in [0.1, 0.15) is 43.0 Å². The molecule has 0 aliphatic rings. The lowest BCUT2D eigenvalue weighted by Gasteiger charge is -2.17. The molecule has 0 N–H and O–H groups in total. The monoisotopic (exact) mass is 403 g/mol. The number of hydrogen-bond acceptors (Lipinski definition) is 2. The molecule has 3 rings (SSSR count). The van der Waals surface area contributed by atoms with Gasteiger partial charge in [0, 0.05) is 17.1 Å². The average Bonchev–Trinajstić information content (AvgIpc) is 2.67. The minimum absolute atomic E-state index is 0.0832. The molecule has 3 aromatic carbocycles. The predicted molar refractivity (Wildman–Crippen MR) is 128 cm³/mol. The van der Waals surface area contributed by atoms with Crippen molar-refractivity contribution in [2.24, 2.45) is 4.99 Å². The maximum absolute atomic E-state index is 6.31. The van der Waals surface area contributed by atoms with Crippen molar-refractivity contribution in [3.63, 3.8) is 0 Å². The van der Waals surface area contributed by atoms with E-state index in [2.05, 4.69) is 83.1 Å². The van der Waals surface area contributed by atoms with E-state index in [9.17, 15) is 0 Å². The van der Waals surface area contributed by atoms with Crippen LogP contribution in [0.5, 0.6) is 5.75 Å². The van der Waals surface area contributed by atoms with Crippen LogP contribution < -0.4 is 15.3 Å². The van der Waals surface area contributed by atoms with E-state index in [1.54, 1.807) is 0 Å². The first-order valence-electron chi connectivity index (χ1n) is 10.0. The Kier molecular flexibility index (Phi) is 6.87. The molecule has 0 aliphatic carbocycles. The summed E-state index contributed by atoms with van der Waals surface area (Å²) in [5.74, 6) is 1.00. The summed E-state index contributed by atoms with van der Waals surface area (Å²) in [7, 11) is 0.512. The topological polar surface area (TPSA) is 21.6 Å². The second kappa shape index (κ2) is 9.37. The van der Waals surface area contributed by atoms with Crippen molar-refractivity contribution in [1.29, 1.82) is 0 Å². The number of ether oxygens (including phenoxy) is 1. The molecule has 0 saturated carbocycles. The van der Waals surface area contributed by atoms with Gasteiger partial charge in [0.2, 0.25) is 0 Å². The first-order valence-corrected chi connectivity index (χ1v) is 11.0. The largest absolute Gasteiger partial charge is 0.488 e. The number of nitrogens with zero attached hydrogens (tertiary/aromatic N) is 1. The Morgan fingerprint density at radius 3 is 2.31 bits per heavy atom. The lowest BCUT2D eigenvalue weighted by Crippen LogP contribution is -2.15. The highest BCUT2D eigenvalue weighted by atomic mass is 31.1. The van der Waals surface area contributed by atoms with Gasteiger partial charge in [0.15, 0.2) is 0 Å². The molecule has 0 saturated heterocycles. The molecule has 29 heavy (non-hydrogen) atoms. The van der Waals surface area contributed by atoms with Gasteiger partial charge in [0.05, 0.1) is 5.54 Å². The van der Waals surface area contributed by atoms with Gasteiger partial charge in [0.25, 0.3) is 0 Å². The number of benzene rings is 3. The van der Waals surface area contributed by atoms with Crippen LogP contribution in [0, 0.1) is 13.8 Å². The molecular weight excluding hydrogens is 373 g/mol. The summed E-state index contributed by atoms with van der Waals surface area (Å²) < 4.78 is 6.31. The van der Waals surface area contributed by atoms with Gasteiger partial charge in [0.1, 0.15) is 12.4 Å². The van der Waals surface area contributed by atoms with E-state index in [1.807, 2.05) is 24.4 Å². The number of rotatable bonds is 6. The Labute approximate surface area is 176 Å². The van der Waals surface area contributed by atoms with Crippen molar-refractivity contribution >= 4 is 25.4 Å². The van der Waals surface area contributed by atoms with Gasteiger partial charge in [-0.25, -0.2) is 0 Å². The maximum Gasteiger partial charge on any atom is 0.130 e. The Balaban J connectivity index is 1.90.